The highest BCUT2D eigenvalue weighted by molar-refractivity contribution is 7.92. The number of para-hydroxylation sites is 2. The number of ether oxygens (including phenoxy) is 1. The number of sulfonamides is 1. The minimum Gasteiger partial charge on any atom is -0.492 e. The van der Waals surface area contributed by atoms with E-state index in [9.17, 15) is 18.0 Å². The second-order valence-corrected chi connectivity index (χ2v) is 14.0. The van der Waals surface area contributed by atoms with Crippen molar-refractivity contribution >= 4 is 50.7 Å². The lowest BCUT2D eigenvalue weighted by Gasteiger charge is -2.34. The Morgan fingerprint density at radius 1 is 0.830 bits per heavy atom. The fraction of sp³-hybridized carbons (Fsp3) is 0.278. The fourth-order valence-electron chi connectivity index (χ4n) is 5.00. The molecule has 1 atom stereocenters. The van der Waals surface area contributed by atoms with Gasteiger partial charge in [0.15, 0.2) is 0 Å². The second kappa shape index (κ2) is 16.7. The van der Waals surface area contributed by atoms with Crippen molar-refractivity contribution in [2.75, 3.05) is 24.0 Å². The molecule has 4 rings (SSSR count). The van der Waals surface area contributed by atoms with Gasteiger partial charge in [0.2, 0.25) is 11.8 Å². The molecule has 11 heteroatoms. The number of hydrogen-bond donors (Lipinski definition) is 1. The van der Waals surface area contributed by atoms with Gasteiger partial charge >= 0.3 is 0 Å². The first kappa shape index (κ1) is 35.8. The number of benzene rings is 4. The molecule has 2 amide bonds. The van der Waals surface area contributed by atoms with Crippen molar-refractivity contribution < 1.29 is 22.7 Å². The molecule has 0 heterocycles. The lowest BCUT2D eigenvalue weighted by Crippen LogP contribution is -2.53. The number of carbonyl (C=O) groups is 2. The molecule has 0 saturated carbocycles. The first-order chi connectivity index (χ1) is 22.5. The van der Waals surface area contributed by atoms with Gasteiger partial charge in [-0.3, -0.25) is 13.9 Å². The van der Waals surface area contributed by atoms with Gasteiger partial charge in [0.25, 0.3) is 10.0 Å². The van der Waals surface area contributed by atoms with Crippen LogP contribution >= 0.6 is 23.2 Å². The highest BCUT2D eigenvalue weighted by atomic mass is 35.5. The molecule has 4 aromatic carbocycles. The van der Waals surface area contributed by atoms with E-state index in [1.165, 1.54) is 17.0 Å². The minimum absolute atomic E-state index is 0.00434. The van der Waals surface area contributed by atoms with Crippen molar-refractivity contribution in [2.45, 2.75) is 44.7 Å². The third kappa shape index (κ3) is 9.28. The maximum atomic E-state index is 14.7. The molecule has 0 aromatic heterocycles. The fourth-order valence-corrected chi connectivity index (χ4v) is 6.97. The van der Waals surface area contributed by atoms with Crippen LogP contribution in [0, 0.1) is 5.92 Å². The summed E-state index contributed by atoms with van der Waals surface area (Å²) in [6.45, 7) is 5.62. The predicted molar refractivity (Wildman–Crippen MR) is 187 cm³/mol. The maximum Gasteiger partial charge on any atom is 0.264 e. The summed E-state index contributed by atoms with van der Waals surface area (Å²) < 4.78 is 35.4. The van der Waals surface area contributed by atoms with Crippen LogP contribution in [-0.2, 0) is 32.6 Å². The zero-order valence-corrected chi connectivity index (χ0v) is 28.9. The van der Waals surface area contributed by atoms with Crippen LogP contribution in [0.25, 0.3) is 0 Å². The molecule has 0 spiro atoms. The molecular weight excluding hydrogens is 657 g/mol. The van der Waals surface area contributed by atoms with Crippen LogP contribution in [0.2, 0.25) is 10.0 Å². The first-order valence-corrected chi connectivity index (χ1v) is 17.6. The largest absolute Gasteiger partial charge is 0.492 e. The Bertz CT molecular complexity index is 1730. The molecule has 4 aromatic rings. The third-order valence-corrected chi connectivity index (χ3v) is 9.87. The van der Waals surface area contributed by atoms with Gasteiger partial charge in [-0.15, -0.1) is 0 Å². The predicted octanol–water partition coefficient (Wildman–Crippen LogP) is 7.00. The van der Waals surface area contributed by atoms with Crippen LogP contribution in [0.5, 0.6) is 5.75 Å². The summed E-state index contributed by atoms with van der Waals surface area (Å²) in [6.07, 6.45) is 0.166. The van der Waals surface area contributed by atoms with Crippen LogP contribution in [0.15, 0.2) is 108 Å². The van der Waals surface area contributed by atoms with Crippen LogP contribution in [0.4, 0.5) is 5.69 Å². The van der Waals surface area contributed by atoms with Crippen molar-refractivity contribution in [3.8, 4) is 5.75 Å². The van der Waals surface area contributed by atoms with E-state index in [0.717, 1.165) is 9.87 Å². The van der Waals surface area contributed by atoms with E-state index < -0.39 is 28.5 Å². The highest BCUT2D eigenvalue weighted by Crippen LogP contribution is 2.33. The van der Waals surface area contributed by atoms with Crippen molar-refractivity contribution in [3.05, 3.63) is 124 Å². The van der Waals surface area contributed by atoms with Gasteiger partial charge in [-0.05, 0) is 54.8 Å². The molecule has 248 valence electrons. The Morgan fingerprint density at radius 3 is 2.04 bits per heavy atom. The Balaban J connectivity index is 1.86. The number of nitrogens with zero attached hydrogens (tertiary/aromatic N) is 2. The van der Waals surface area contributed by atoms with Gasteiger partial charge < -0.3 is 15.0 Å². The number of nitrogens with one attached hydrogen (secondary N) is 1. The number of carbonyl (C=O) groups excluding carboxylic acids is 2. The highest BCUT2D eigenvalue weighted by Gasteiger charge is 2.36. The molecule has 0 aliphatic heterocycles. The molecular formula is C36H39Cl2N3O5S. The number of rotatable bonds is 15. The molecule has 0 bridgehead atoms. The van der Waals surface area contributed by atoms with Crippen LogP contribution < -0.4 is 14.4 Å². The lowest BCUT2D eigenvalue weighted by atomic mass is 10.0. The Kier molecular flexibility index (Phi) is 12.7. The van der Waals surface area contributed by atoms with E-state index in [0.29, 0.717) is 27.9 Å². The SMILES string of the molecule is CCOc1ccccc1N(CC(=O)N(Cc1c(Cl)cccc1Cl)C(Cc1ccccc1)C(=O)NCC(C)C)S(=O)(=O)c1ccccc1. The molecule has 1 unspecified atom stereocenters. The summed E-state index contributed by atoms with van der Waals surface area (Å²) in [4.78, 5) is 30.0. The van der Waals surface area contributed by atoms with Gasteiger partial charge in [0.05, 0.1) is 17.2 Å². The average Bonchev–Trinajstić information content (AvgIpc) is 3.06. The Hall–Kier alpha value is -4.05. The van der Waals surface area contributed by atoms with Gasteiger partial charge in [-0.2, -0.15) is 0 Å². The average molecular weight is 697 g/mol. The molecule has 0 radical (unpaired) electrons. The van der Waals surface area contributed by atoms with Crippen molar-refractivity contribution in [1.82, 2.24) is 10.2 Å². The summed E-state index contributed by atoms with van der Waals surface area (Å²) in [5, 5.41) is 3.59. The lowest BCUT2D eigenvalue weighted by molar-refractivity contribution is -0.140. The molecule has 47 heavy (non-hydrogen) atoms. The molecule has 8 nitrogen and oxygen atoms in total. The van der Waals surface area contributed by atoms with Gasteiger partial charge in [0, 0.05) is 35.1 Å². The first-order valence-electron chi connectivity index (χ1n) is 15.4. The van der Waals surface area contributed by atoms with Crippen molar-refractivity contribution in [3.63, 3.8) is 0 Å². The number of amides is 2. The molecule has 0 fully saturated rings. The quantitative estimate of drug-likeness (QED) is 0.145. The topological polar surface area (TPSA) is 96.0 Å². The number of anilines is 1. The van der Waals surface area contributed by atoms with E-state index in [1.54, 1.807) is 67.6 Å². The standard InChI is InChI=1S/C36H39Cl2N3O5S/c1-4-46-34-21-12-11-20-32(34)41(47(44,45)28-16-9-6-10-17-28)25-35(42)40(24-29-30(37)18-13-19-31(29)38)33(36(43)39-23-26(2)3)22-27-14-7-5-8-15-27/h5-21,26,33H,4,22-25H2,1-3H3,(H,39,43). The summed E-state index contributed by atoms with van der Waals surface area (Å²) in [5.41, 5.74) is 1.44. The smallest absolute Gasteiger partial charge is 0.264 e. The summed E-state index contributed by atoms with van der Waals surface area (Å²) in [5.74, 6) is -0.572. The van der Waals surface area contributed by atoms with Crippen molar-refractivity contribution in [1.29, 1.82) is 0 Å². The summed E-state index contributed by atoms with van der Waals surface area (Å²) in [6, 6.07) is 27.8. The van der Waals surface area contributed by atoms with Crippen LogP contribution in [-0.4, -0.2) is 50.9 Å². The maximum absolute atomic E-state index is 14.7. The van der Waals surface area contributed by atoms with Crippen LogP contribution in [0.3, 0.4) is 0 Å². The van der Waals surface area contributed by atoms with Crippen molar-refractivity contribution in [2.24, 2.45) is 5.92 Å². The zero-order valence-electron chi connectivity index (χ0n) is 26.6. The Morgan fingerprint density at radius 2 is 1.43 bits per heavy atom. The van der Waals surface area contributed by atoms with Gasteiger partial charge in [0.1, 0.15) is 18.3 Å². The molecule has 0 saturated heterocycles. The number of halogens is 2. The zero-order chi connectivity index (χ0) is 34.0. The molecule has 1 N–H and O–H groups in total. The second-order valence-electron chi connectivity index (χ2n) is 11.3. The van der Waals surface area contributed by atoms with Gasteiger partial charge in [-0.1, -0.05) is 104 Å². The summed E-state index contributed by atoms with van der Waals surface area (Å²) >= 11 is 13.2. The monoisotopic (exact) mass is 695 g/mol. The minimum atomic E-state index is -4.29. The summed E-state index contributed by atoms with van der Waals surface area (Å²) in [7, 11) is -4.29. The molecule has 0 aliphatic carbocycles. The van der Waals surface area contributed by atoms with Gasteiger partial charge in [-0.25, -0.2) is 8.42 Å². The normalized spacial score (nSPS) is 12.0. The third-order valence-electron chi connectivity index (χ3n) is 7.39. The molecule has 0 aliphatic rings. The van der Waals surface area contributed by atoms with E-state index in [2.05, 4.69) is 5.32 Å². The van der Waals surface area contributed by atoms with E-state index >= 15 is 0 Å². The van der Waals surface area contributed by atoms with E-state index in [4.69, 9.17) is 27.9 Å². The number of hydrogen-bond acceptors (Lipinski definition) is 5. The van der Waals surface area contributed by atoms with Crippen LogP contribution in [0.1, 0.15) is 31.9 Å². The Labute approximate surface area is 287 Å². The van der Waals surface area contributed by atoms with E-state index in [-0.39, 0.29) is 42.0 Å². The van der Waals surface area contributed by atoms with E-state index in [1.807, 2.05) is 44.2 Å².